The van der Waals surface area contributed by atoms with Crippen LogP contribution in [0.15, 0.2) is 30.5 Å². The van der Waals surface area contributed by atoms with Gasteiger partial charge in [0.15, 0.2) is 0 Å². The van der Waals surface area contributed by atoms with Crippen LogP contribution >= 0.6 is 0 Å². The van der Waals surface area contributed by atoms with Crippen molar-refractivity contribution in [1.29, 1.82) is 5.26 Å². The molecule has 0 spiro atoms. The molecule has 0 atom stereocenters. The number of ether oxygens (including phenoxy) is 1. The normalized spacial score (nSPS) is 9.71. The van der Waals surface area contributed by atoms with Gasteiger partial charge in [0.25, 0.3) is 0 Å². The number of nitrogens with zero attached hydrogens (tertiary/aromatic N) is 3. The second kappa shape index (κ2) is 4.62. The maximum absolute atomic E-state index is 8.73. The van der Waals surface area contributed by atoms with Crippen molar-refractivity contribution in [2.24, 2.45) is 0 Å². The van der Waals surface area contributed by atoms with Crippen LogP contribution < -0.4 is 4.74 Å². The number of rotatable bonds is 2. The maximum Gasteiger partial charge on any atom is 0.323 e. The highest BCUT2D eigenvalue weighted by molar-refractivity contribution is 5.37. The Hall–Kier alpha value is -2.41. The Labute approximate surface area is 99.5 Å². The van der Waals surface area contributed by atoms with Crippen molar-refractivity contribution in [1.82, 2.24) is 9.97 Å². The number of hydrogen-bond acceptors (Lipinski definition) is 4. The molecule has 4 nitrogen and oxygen atoms in total. The van der Waals surface area contributed by atoms with Crippen molar-refractivity contribution >= 4 is 0 Å². The molecule has 0 fully saturated rings. The molecule has 1 heterocycles. The average molecular weight is 225 g/mol. The van der Waals surface area contributed by atoms with Gasteiger partial charge >= 0.3 is 6.01 Å². The lowest BCUT2D eigenvalue weighted by Crippen LogP contribution is -1.95. The molecule has 0 bridgehead atoms. The third kappa shape index (κ3) is 2.58. The SMILES string of the molecule is Cc1ccc(C)c(Oc2nccc(C#N)n2)c1. The van der Waals surface area contributed by atoms with Gasteiger partial charge in [-0.05, 0) is 37.1 Å². The lowest BCUT2D eigenvalue weighted by molar-refractivity contribution is 0.437. The predicted molar refractivity (Wildman–Crippen MR) is 62.7 cm³/mol. The Morgan fingerprint density at radius 3 is 2.82 bits per heavy atom. The summed E-state index contributed by atoms with van der Waals surface area (Å²) in [6.07, 6.45) is 1.51. The monoisotopic (exact) mass is 225 g/mol. The van der Waals surface area contributed by atoms with Crippen molar-refractivity contribution in [3.63, 3.8) is 0 Å². The average Bonchev–Trinajstić information content (AvgIpc) is 2.34. The third-order valence-corrected chi connectivity index (χ3v) is 2.29. The zero-order valence-electron chi connectivity index (χ0n) is 9.64. The molecule has 17 heavy (non-hydrogen) atoms. The fourth-order valence-corrected chi connectivity index (χ4v) is 1.37. The first-order valence-electron chi connectivity index (χ1n) is 5.17. The van der Waals surface area contributed by atoms with E-state index in [0.717, 1.165) is 11.1 Å². The first-order valence-corrected chi connectivity index (χ1v) is 5.17. The number of hydrogen-bond donors (Lipinski definition) is 0. The van der Waals surface area contributed by atoms with Gasteiger partial charge in [-0.3, -0.25) is 0 Å². The van der Waals surface area contributed by atoms with Crippen LogP contribution in [0.3, 0.4) is 0 Å². The van der Waals surface area contributed by atoms with Crippen LogP contribution in [0.25, 0.3) is 0 Å². The highest BCUT2D eigenvalue weighted by atomic mass is 16.5. The summed E-state index contributed by atoms with van der Waals surface area (Å²) in [5.41, 5.74) is 2.39. The maximum atomic E-state index is 8.73. The van der Waals surface area contributed by atoms with Crippen molar-refractivity contribution in [3.8, 4) is 17.8 Å². The van der Waals surface area contributed by atoms with E-state index in [1.807, 2.05) is 38.1 Å². The Morgan fingerprint density at radius 2 is 2.06 bits per heavy atom. The molecule has 0 N–H and O–H groups in total. The number of benzene rings is 1. The lowest BCUT2D eigenvalue weighted by Gasteiger charge is -2.07. The first-order chi connectivity index (χ1) is 8.19. The molecule has 2 rings (SSSR count). The van der Waals surface area contributed by atoms with Crippen LogP contribution in [0, 0.1) is 25.2 Å². The van der Waals surface area contributed by atoms with E-state index < -0.39 is 0 Å². The van der Waals surface area contributed by atoms with Crippen LogP contribution in [0.2, 0.25) is 0 Å². The van der Waals surface area contributed by atoms with E-state index in [1.54, 1.807) is 0 Å². The molecule has 0 saturated heterocycles. The van der Waals surface area contributed by atoms with Crippen molar-refractivity contribution in [3.05, 3.63) is 47.3 Å². The van der Waals surface area contributed by atoms with Crippen LogP contribution in [0.4, 0.5) is 0 Å². The molecule has 4 heteroatoms. The third-order valence-electron chi connectivity index (χ3n) is 2.29. The number of aryl methyl sites for hydroxylation is 2. The van der Waals surface area contributed by atoms with Crippen molar-refractivity contribution < 1.29 is 4.74 Å². The van der Waals surface area contributed by atoms with Crippen LogP contribution in [0.1, 0.15) is 16.8 Å². The second-order valence-electron chi connectivity index (χ2n) is 3.71. The van der Waals surface area contributed by atoms with Gasteiger partial charge in [0, 0.05) is 6.20 Å². The van der Waals surface area contributed by atoms with E-state index in [4.69, 9.17) is 10.00 Å². The molecule has 0 aliphatic carbocycles. The van der Waals surface area contributed by atoms with E-state index in [1.165, 1.54) is 12.3 Å². The van der Waals surface area contributed by atoms with Gasteiger partial charge in [0.1, 0.15) is 17.5 Å². The highest BCUT2D eigenvalue weighted by Gasteiger charge is 2.04. The van der Waals surface area contributed by atoms with E-state index in [9.17, 15) is 0 Å². The predicted octanol–water partition coefficient (Wildman–Crippen LogP) is 2.76. The van der Waals surface area contributed by atoms with Crippen LogP contribution in [-0.2, 0) is 0 Å². The topological polar surface area (TPSA) is 58.8 Å². The molecule has 1 aromatic heterocycles. The van der Waals surface area contributed by atoms with Gasteiger partial charge in [0.2, 0.25) is 0 Å². The van der Waals surface area contributed by atoms with Crippen molar-refractivity contribution in [2.75, 3.05) is 0 Å². The van der Waals surface area contributed by atoms with E-state index in [0.29, 0.717) is 11.4 Å². The Balaban J connectivity index is 2.31. The van der Waals surface area contributed by atoms with Gasteiger partial charge in [-0.15, -0.1) is 0 Å². The molecule has 0 aliphatic heterocycles. The molecule has 0 radical (unpaired) electrons. The summed E-state index contributed by atoms with van der Waals surface area (Å²) in [6.45, 7) is 3.93. The van der Waals surface area contributed by atoms with Gasteiger partial charge in [-0.2, -0.15) is 10.2 Å². The zero-order valence-corrected chi connectivity index (χ0v) is 9.64. The Bertz CT molecular complexity index is 587. The quantitative estimate of drug-likeness (QED) is 0.788. The van der Waals surface area contributed by atoms with E-state index >= 15 is 0 Å². The van der Waals surface area contributed by atoms with Gasteiger partial charge in [-0.25, -0.2) is 4.98 Å². The summed E-state index contributed by atoms with van der Waals surface area (Å²) in [6, 6.07) is 9.57. The molecule has 0 aliphatic rings. The number of nitriles is 1. The minimum absolute atomic E-state index is 0.192. The largest absolute Gasteiger partial charge is 0.424 e. The fraction of sp³-hybridized carbons (Fsp3) is 0.154. The molecular weight excluding hydrogens is 214 g/mol. The smallest absolute Gasteiger partial charge is 0.323 e. The standard InChI is InChI=1S/C13H11N3O/c1-9-3-4-10(2)12(7-9)17-13-15-6-5-11(8-14)16-13/h3-7H,1-2H3. The summed E-state index contributed by atoms with van der Waals surface area (Å²) < 4.78 is 5.56. The van der Waals surface area contributed by atoms with Crippen LogP contribution in [-0.4, -0.2) is 9.97 Å². The Morgan fingerprint density at radius 1 is 1.24 bits per heavy atom. The summed E-state index contributed by atoms with van der Waals surface area (Å²) in [5.74, 6) is 0.708. The minimum Gasteiger partial charge on any atom is -0.424 e. The molecule has 84 valence electrons. The van der Waals surface area contributed by atoms with Gasteiger partial charge < -0.3 is 4.74 Å². The first kappa shape index (κ1) is 11.1. The van der Waals surface area contributed by atoms with E-state index in [2.05, 4.69) is 9.97 Å². The zero-order chi connectivity index (χ0) is 12.3. The highest BCUT2D eigenvalue weighted by Crippen LogP contribution is 2.23. The minimum atomic E-state index is 0.192. The Kier molecular flexibility index (Phi) is 3.01. The second-order valence-corrected chi connectivity index (χ2v) is 3.71. The molecule has 0 saturated carbocycles. The summed E-state index contributed by atoms with van der Waals surface area (Å²) >= 11 is 0. The summed E-state index contributed by atoms with van der Waals surface area (Å²) in [5, 5.41) is 8.73. The lowest BCUT2D eigenvalue weighted by atomic mass is 10.1. The summed E-state index contributed by atoms with van der Waals surface area (Å²) in [4.78, 5) is 7.93. The molecule has 2 aromatic rings. The molecule has 1 aromatic carbocycles. The van der Waals surface area contributed by atoms with E-state index in [-0.39, 0.29) is 6.01 Å². The number of aromatic nitrogens is 2. The fourth-order valence-electron chi connectivity index (χ4n) is 1.37. The van der Waals surface area contributed by atoms with Gasteiger partial charge in [0.05, 0.1) is 0 Å². The summed E-state index contributed by atoms with van der Waals surface area (Å²) in [7, 11) is 0. The van der Waals surface area contributed by atoms with Crippen molar-refractivity contribution in [2.45, 2.75) is 13.8 Å². The molecule has 0 amide bonds. The van der Waals surface area contributed by atoms with Crippen LogP contribution in [0.5, 0.6) is 11.8 Å². The van der Waals surface area contributed by atoms with Gasteiger partial charge in [-0.1, -0.05) is 12.1 Å². The molecular formula is C13H11N3O. The molecule has 0 unspecified atom stereocenters.